The van der Waals surface area contributed by atoms with Crippen LogP contribution in [0, 0.1) is 12.8 Å². The van der Waals surface area contributed by atoms with Crippen molar-refractivity contribution in [2.45, 2.75) is 45.6 Å². The topological polar surface area (TPSA) is 70.7 Å². The molecule has 0 spiro atoms. The van der Waals surface area contributed by atoms with Gasteiger partial charge in [0.2, 0.25) is 5.91 Å². The van der Waals surface area contributed by atoms with Gasteiger partial charge in [-0.2, -0.15) is 0 Å². The Balaban J connectivity index is 1.64. The van der Waals surface area contributed by atoms with Crippen LogP contribution >= 0.6 is 0 Å². The molecule has 27 heavy (non-hydrogen) atoms. The number of carbonyl (C=O) groups is 2. The van der Waals surface area contributed by atoms with E-state index < -0.39 is 0 Å². The molecule has 1 atom stereocenters. The van der Waals surface area contributed by atoms with Crippen molar-refractivity contribution in [2.75, 3.05) is 38.2 Å². The molecule has 0 bridgehead atoms. The largest absolute Gasteiger partial charge is 0.381 e. The summed E-state index contributed by atoms with van der Waals surface area (Å²) in [7, 11) is 0. The van der Waals surface area contributed by atoms with Crippen LogP contribution in [0.3, 0.4) is 0 Å². The molecule has 2 saturated heterocycles. The Labute approximate surface area is 161 Å². The molecular weight excluding hydrogens is 342 g/mol. The molecule has 2 aliphatic rings. The zero-order valence-electron chi connectivity index (χ0n) is 16.4. The number of nitrogens with zero attached hydrogens (tertiary/aromatic N) is 1. The fourth-order valence-corrected chi connectivity index (χ4v) is 4.00. The molecule has 2 aliphatic heterocycles. The zero-order valence-corrected chi connectivity index (χ0v) is 16.4. The summed E-state index contributed by atoms with van der Waals surface area (Å²) in [5.74, 6) is -0.0617. The molecule has 0 radical (unpaired) electrons. The second-order valence-electron chi connectivity index (χ2n) is 7.56. The monoisotopic (exact) mass is 373 g/mol. The first-order valence-electron chi connectivity index (χ1n) is 10.1. The van der Waals surface area contributed by atoms with Gasteiger partial charge in [-0.1, -0.05) is 6.07 Å². The summed E-state index contributed by atoms with van der Waals surface area (Å²) in [4.78, 5) is 27.4. The van der Waals surface area contributed by atoms with Gasteiger partial charge in [0.15, 0.2) is 0 Å². The highest BCUT2D eigenvalue weighted by Crippen LogP contribution is 2.25. The van der Waals surface area contributed by atoms with Gasteiger partial charge in [0.1, 0.15) is 0 Å². The number of ether oxygens (including phenoxy) is 1. The quantitative estimate of drug-likeness (QED) is 0.832. The van der Waals surface area contributed by atoms with Gasteiger partial charge >= 0.3 is 0 Å². The third kappa shape index (κ3) is 5.08. The van der Waals surface area contributed by atoms with E-state index in [0.717, 1.165) is 63.2 Å². The second kappa shape index (κ2) is 9.33. The summed E-state index contributed by atoms with van der Waals surface area (Å²) in [6.07, 6.45) is 4.08. The molecule has 148 valence electrons. The smallest absolute Gasteiger partial charge is 0.251 e. The number of piperidine rings is 1. The summed E-state index contributed by atoms with van der Waals surface area (Å²) < 4.78 is 5.47. The molecule has 1 aromatic rings. The maximum Gasteiger partial charge on any atom is 0.251 e. The lowest BCUT2D eigenvalue weighted by Gasteiger charge is -2.39. The fourth-order valence-electron chi connectivity index (χ4n) is 4.00. The molecule has 0 aliphatic carbocycles. The highest BCUT2D eigenvalue weighted by atomic mass is 16.5. The minimum atomic E-state index is -0.114. The van der Waals surface area contributed by atoms with Crippen molar-refractivity contribution >= 4 is 17.5 Å². The predicted molar refractivity (Wildman–Crippen MR) is 106 cm³/mol. The average molecular weight is 373 g/mol. The molecule has 2 N–H and O–H groups in total. The van der Waals surface area contributed by atoms with Gasteiger partial charge in [-0.3, -0.25) is 14.5 Å². The average Bonchev–Trinajstić information content (AvgIpc) is 2.70. The molecule has 2 amide bonds. The first-order chi connectivity index (χ1) is 13.1. The summed E-state index contributed by atoms with van der Waals surface area (Å²) in [5, 5.41) is 5.87. The lowest BCUT2D eigenvalue weighted by Crippen LogP contribution is -2.47. The fraction of sp³-hybridized carbons (Fsp3) is 0.619. The van der Waals surface area contributed by atoms with Gasteiger partial charge in [0.25, 0.3) is 5.91 Å². The van der Waals surface area contributed by atoms with Gasteiger partial charge in [0, 0.05) is 43.6 Å². The van der Waals surface area contributed by atoms with E-state index in [-0.39, 0.29) is 17.7 Å². The Bertz CT molecular complexity index is 671. The first kappa shape index (κ1) is 19.8. The minimum Gasteiger partial charge on any atom is -0.381 e. The van der Waals surface area contributed by atoms with Crippen LogP contribution in [0.1, 0.15) is 48.5 Å². The summed E-state index contributed by atoms with van der Waals surface area (Å²) in [6.45, 7) is 7.95. The highest BCUT2D eigenvalue weighted by Gasteiger charge is 2.30. The van der Waals surface area contributed by atoms with Gasteiger partial charge in [0.05, 0.1) is 5.92 Å². The summed E-state index contributed by atoms with van der Waals surface area (Å²) in [5.41, 5.74) is 2.27. The Hall–Kier alpha value is -1.92. The number of aryl methyl sites for hydroxylation is 1. The van der Waals surface area contributed by atoms with E-state index in [4.69, 9.17) is 4.74 Å². The number of carbonyl (C=O) groups excluding carboxylic acids is 2. The molecule has 2 fully saturated rings. The molecule has 1 aromatic carbocycles. The number of likely N-dealkylation sites (tertiary alicyclic amines) is 1. The number of hydrogen-bond acceptors (Lipinski definition) is 4. The van der Waals surface area contributed by atoms with E-state index in [1.165, 1.54) is 0 Å². The number of rotatable bonds is 5. The SMILES string of the molecule is CCNC(=O)c1ccc(C)c(NC(=O)C2CCCN(C3CCOCC3)C2)c1. The number of nitrogens with one attached hydrogen (secondary N) is 2. The number of amides is 2. The van der Waals surface area contributed by atoms with Crippen LogP contribution in [-0.4, -0.2) is 55.6 Å². The van der Waals surface area contributed by atoms with Crippen LogP contribution < -0.4 is 10.6 Å². The Morgan fingerprint density at radius 3 is 2.74 bits per heavy atom. The van der Waals surface area contributed by atoms with Crippen molar-refractivity contribution < 1.29 is 14.3 Å². The van der Waals surface area contributed by atoms with Crippen molar-refractivity contribution in [1.29, 1.82) is 0 Å². The summed E-state index contributed by atoms with van der Waals surface area (Å²) in [6, 6.07) is 5.99. The lowest BCUT2D eigenvalue weighted by atomic mass is 9.94. The van der Waals surface area contributed by atoms with Crippen molar-refractivity contribution in [2.24, 2.45) is 5.92 Å². The predicted octanol–water partition coefficient (Wildman–Crippen LogP) is 2.57. The second-order valence-corrected chi connectivity index (χ2v) is 7.56. The lowest BCUT2D eigenvalue weighted by molar-refractivity contribution is -0.122. The number of hydrogen-bond donors (Lipinski definition) is 2. The minimum absolute atomic E-state index is 0.00545. The van der Waals surface area contributed by atoms with E-state index in [1.54, 1.807) is 12.1 Å². The van der Waals surface area contributed by atoms with E-state index in [0.29, 0.717) is 18.2 Å². The molecule has 1 unspecified atom stereocenters. The third-order valence-corrected chi connectivity index (χ3v) is 5.63. The Kier molecular flexibility index (Phi) is 6.85. The van der Waals surface area contributed by atoms with E-state index in [2.05, 4.69) is 15.5 Å². The van der Waals surface area contributed by atoms with E-state index in [1.807, 2.05) is 19.9 Å². The van der Waals surface area contributed by atoms with Crippen molar-refractivity contribution in [3.05, 3.63) is 29.3 Å². The van der Waals surface area contributed by atoms with Crippen molar-refractivity contribution in [3.63, 3.8) is 0 Å². The molecule has 0 aromatic heterocycles. The van der Waals surface area contributed by atoms with E-state index in [9.17, 15) is 9.59 Å². The molecular formula is C21H31N3O3. The maximum absolute atomic E-state index is 12.9. The maximum atomic E-state index is 12.9. The van der Waals surface area contributed by atoms with Crippen molar-refractivity contribution in [3.8, 4) is 0 Å². The zero-order chi connectivity index (χ0) is 19.2. The Morgan fingerprint density at radius 1 is 1.22 bits per heavy atom. The highest BCUT2D eigenvalue weighted by molar-refractivity contribution is 5.98. The van der Waals surface area contributed by atoms with Gasteiger partial charge < -0.3 is 15.4 Å². The molecule has 0 saturated carbocycles. The van der Waals surface area contributed by atoms with Crippen LogP contribution in [0.5, 0.6) is 0 Å². The molecule has 6 heteroatoms. The van der Waals surface area contributed by atoms with Crippen LogP contribution in [0.25, 0.3) is 0 Å². The molecule has 2 heterocycles. The number of benzene rings is 1. The standard InChI is InChI=1S/C21H31N3O3/c1-3-22-20(25)16-7-6-15(2)19(13-16)23-21(26)17-5-4-10-24(14-17)18-8-11-27-12-9-18/h6-7,13,17-18H,3-5,8-12,14H2,1-2H3,(H,22,25)(H,23,26). The normalized spacial score (nSPS) is 21.6. The van der Waals surface area contributed by atoms with Gasteiger partial charge in [-0.25, -0.2) is 0 Å². The third-order valence-electron chi connectivity index (χ3n) is 5.63. The molecule has 3 rings (SSSR count). The van der Waals surface area contributed by atoms with Crippen molar-refractivity contribution in [1.82, 2.24) is 10.2 Å². The van der Waals surface area contributed by atoms with Gasteiger partial charge in [-0.15, -0.1) is 0 Å². The number of anilines is 1. The van der Waals surface area contributed by atoms with Crippen LogP contribution in [0.15, 0.2) is 18.2 Å². The van der Waals surface area contributed by atoms with Gasteiger partial charge in [-0.05, 0) is 63.8 Å². The summed E-state index contributed by atoms with van der Waals surface area (Å²) >= 11 is 0. The molecule has 6 nitrogen and oxygen atoms in total. The Morgan fingerprint density at radius 2 is 2.00 bits per heavy atom. The van der Waals surface area contributed by atoms with Crippen LogP contribution in [-0.2, 0) is 9.53 Å². The first-order valence-corrected chi connectivity index (χ1v) is 10.1. The van der Waals surface area contributed by atoms with Crippen LogP contribution in [0.4, 0.5) is 5.69 Å². The van der Waals surface area contributed by atoms with E-state index >= 15 is 0 Å². The van der Waals surface area contributed by atoms with Crippen LogP contribution in [0.2, 0.25) is 0 Å².